The number of sulfone groups is 1. The molecular formula is C20H23F6NO3S. The number of alkyl halides is 6. The molecule has 1 N–H and O–H groups in total. The van der Waals surface area contributed by atoms with Crippen molar-refractivity contribution in [3.8, 4) is 0 Å². The second-order valence-electron chi connectivity index (χ2n) is 8.33. The van der Waals surface area contributed by atoms with Gasteiger partial charge in [0.15, 0.2) is 0 Å². The van der Waals surface area contributed by atoms with Gasteiger partial charge in [0.05, 0.1) is 10.5 Å². The van der Waals surface area contributed by atoms with Crippen molar-refractivity contribution in [2.24, 2.45) is 5.92 Å². The summed E-state index contributed by atoms with van der Waals surface area (Å²) < 4.78 is 106. The van der Waals surface area contributed by atoms with E-state index in [1.54, 1.807) is 0 Å². The van der Waals surface area contributed by atoms with E-state index in [0.717, 1.165) is 12.1 Å². The van der Waals surface area contributed by atoms with Crippen LogP contribution in [0, 0.1) is 5.92 Å². The maximum atomic E-state index is 15.3. The molecule has 0 radical (unpaired) electrons. The Kier molecular flexibility index (Phi) is 6.38. The van der Waals surface area contributed by atoms with Gasteiger partial charge in [0, 0.05) is 24.8 Å². The lowest BCUT2D eigenvalue weighted by Crippen LogP contribution is -2.47. The first kappa shape index (κ1) is 23.9. The molecule has 0 aliphatic heterocycles. The molecule has 1 aromatic rings. The molecule has 31 heavy (non-hydrogen) atoms. The monoisotopic (exact) mass is 471 g/mol. The summed E-state index contributed by atoms with van der Waals surface area (Å²) in [6, 6.07) is 2.45. The van der Waals surface area contributed by atoms with Crippen molar-refractivity contribution in [2.45, 2.75) is 79.4 Å². The highest BCUT2D eigenvalue weighted by Crippen LogP contribution is 2.42. The fraction of sp³-hybridized carbons (Fsp3) is 0.650. The van der Waals surface area contributed by atoms with Gasteiger partial charge in [0.1, 0.15) is 0 Å². The van der Waals surface area contributed by atoms with Crippen LogP contribution in [0.15, 0.2) is 29.2 Å². The molecule has 2 aliphatic carbocycles. The molecule has 0 saturated heterocycles. The smallest absolute Gasteiger partial charge is 0.353 e. The van der Waals surface area contributed by atoms with Crippen molar-refractivity contribution >= 4 is 15.7 Å². The number of benzene rings is 1. The molecular weight excluding hydrogens is 448 g/mol. The van der Waals surface area contributed by atoms with E-state index >= 15 is 4.39 Å². The van der Waals surface area contributed by atoms with Crippen LogP contribution in [0.4, 0.5) is 26.3 Å². The first-order valence-electron chi connectivity index (χ1n) is 10.0. The average Bonchev–Trinajstić information content (AvgIpc) is 2.69. The van der Waals surface area contributed by atoms with Gasteiger partial charge in [0.2, 0.25) is 26.7 Å². The van der Waals surface area contributed by atoms with Gasteiger partial charge in [-0.25, -0.2) is 21.6 Å². The molecule has 2 fully saturated rings. The fourth-order valence-electron chi connectivity index (χ4n) is 4.13. The fourth-order valence-corrected chi connectivity index (χ4v) is 5.87. The Bertz CT molecular complexity index is 913. The van der Waals surface area contributed by atoms with Crippen molar-refractivity contribution in [2.75, 3.05) is 0 Å². The second-order valence-corrected chi connectivity index (χ2v) is 10.5. The van der Waals surface area contributed by atoms with Gasteiger partial charge in [-0.05, 0) is 56.7 Å². The van der Waals surface area contributed by atoms with Crippen molar-refractivity contribution in [1.29, 1.82) is 0 Å². The standard InChI is InChI=1S/C20H23F6NO3S/c21-18(22)8-4-13(5-9-18)17(28)27-15-6-10-19(23,11-7-15)31(29,30)16-3-1-2-14(12-16)20(24,25)26/h1-3,12-13,15H,4-11H2,(H,27,28)/t15-,19+. The summed E-state index contributed by atoms with van der Waals surface area (Å²) in [4.78, 5) is 11.6. The van der Waals surface area contributed by atoms with E-state index in [1.807, 2.05) is 0 Å². The van der Waals surface area contributed by atoms with Crippen LogP contribution in [0.25, 0.3) is 0 Å². The number of carbonyl (C=O) groups excluding carboxylic acids is 1. The van der Waals surface area contributed by atoms with Gasteiger partial charge >= 0.3 is 6.18 Å². The summed E-state index contributed by atoms with van der Waals surface area (Å²) in [7, 11) is -4.69. The molecule has 0 heterocycles. The second kappa shape index (κ2) is 8.29. The zero-order valence-electron chi connectivity index (χ0n) is 16.5. The lowest BCUT2D eigenvalue weighted by molar-refractivity contribution is -0.137. The largest absolute Gasteiger partial charge is 0.416 e. The lowest BCUT2D eigenvalue weighted by atomic mass is 9.85. The van der Waals surface area contributed by atoms with E-state index in [-0.39, 0.29) is 38.5 Å². The zero-order chi connectivity index (χ0) is 23.1. The van der Waals surface area contributed by atoms with Gasteiger partial charge < -0.3 is 5.32 Å². The van der Waals surface area contributed by atoms with Crippen molar-refractivity contribution in [3.63, 3.8) is 0 Å². The van der Waals surface area contributed by atoms with E-state index < -0.39 is 68.1 Å². The Labute approximate surface area is 176 Å². The minimum atomic E-state index is -4.76. The highest BCUT2D eigenvalue weighted by molar-refractivity contribution is 7.92. The van der Waals surface area contributed by atoms with Crippen LogP contribution in [0.2, 0.25) is 0 Å². The average molecular weight is 471 g/mol. The molecule has 174 valence electrons. The molecule has 0 spiro atoms. The molecule has 11 heteroatoms. The van der Waals surface area contributed by atoms with Gasteiger partial charge in [-0.3, -0.25) is 4.79 Å². The number of hydrogen-bond donors (Lipinski definition) is 1. The third-order valence-corrected chi connectivity index (χ3v) is 8.37. The van der Waals surface area contributed by atoms with E-state index in [4.69, 9.17) is 0 Å². The van der Waals surface area contributed by atoms with Crippen molar-refractivity contribution < 1.29 is 39.6 Å². The van der Waals surface area contributed by atoms with Gasteiger partial charge in [-0.1, -0.05) is 6.07 Å². The molecule has 2 saturated carbocycles. The third-order valence-electron chi connectivity index (χ3n) is 6.12. The quantitative estimate of drug-likeness (QED) is 0.627. The number of carbonyl (C=O) groups is 1. The normalized spacial score (nSPS) is 27.6. The molecule has 0 aromatic heterocycles. The van der Waals surface area contributed by atoms with E-state index in [2.05, 4.69) is 5.32 Å². The van der Waals surface area contributed by atoms with Crippen LogP contribution in [0.1, 0.15) is 56.9 Å². The van der Waals surface area contributed by atoms with Crippen molar-refractivity contribution in [1.82, 2.24) is 5.32 Å². The van der Waals surface area contributed by atoms with E-state index in [9.17, 15) is 35.2 Å². The Morgan fingerprint density at radius 3 is 2.10 bits per heavy atom. The summed E-state index contributed by atoms with van der Waals surface area (Å²) in [6.07, 6.45) is -6.45. The topological polar surface area (TPSA) is 63.2 Å². The Hall–Kier alpha value is -1.78. The lowest BCUT2D eigenvalue weighted by Gasteiger charge is -2.35. The van der Waals surface area contributed by atoms with Gasteiger partial charge in [-0.2, -0.15) is 13.2 Å². The Morgan fingerprint density at radius 2 is 1.55 bits per heavy atom. The SMILES string of the molecule is O=C(N[C@H]1CC[C@@](F)(S(=O)(=O)c2cccc(C(F)(F)F)c2)CC1)C1CCC(F)(F)CC1. The third kappa shape index (κ3) is 5.18. The Morgan fingerprint density at radius 1 is 0.968 bits per heavy atom. The highest BCUT2D eigenvalue weighted by Gasteiger charge is 2.48. The Balaban J connectivity index is 1.63. The summed E-state index contributed by atoms with van der Waals surface area (Å²) in [5.41, 5.74) is -1.18. The van der Waals surface area contributed by atoms with Crippen LogP contribution in [0.3, 0.4) is 0 Å². The van der Waals surface area contributed by atoms with Crippen LogP contribution >= 0.6 is 0 Å². The van der Waals surface area contributed by atoms with Crippen LogP contribution in [-0.2, 0) is 20.8 Å². The number of amides is 1. The summed E-state index contributed by atoms with van der Waals surface area (Å²) in [5, 5.41) is -0.0649. The number of halogens is 6. The van der Waals surface area contributed by atoms with E-state index in [0.29, 0.717) is 12.1 Å². The number of hydrogen-bond acceptors (Lipinski definition) is 3. The molecule has 0 unspecified atom stereocenters. The molecule has 2 aliphatic rings. The summed E-state index contributed by atoms with van der Waals surface area (Å²) in [6.45, 7) is 0. The summed E-state index contributed by atoms with van der Waals surface area (Å²) >= 11 is 0. The minimum absolute atomic E-state index is 0.0245. The molecule has 3 rings (SSSR count). The summed E-state index contributed by atoms with van der Waals surface area (Å²) in [5.74, 6) is -3.74. The molecule has 1 amide bonds. The molecule has 1 aromatic carbocycles. The van der Waals surface area contributed by atoms with Gasteiger partial charge in [0.25, 0.3) is 0 Å². The number of rotatable bonds is 4. The van der Waals surface area contributed by atoms with Crippen molar-refractivity contribution in [3.05, 3.63) is 29.8 Å². The molecule has 0 bridgehead atoms. The minimum Gasteiger partial charge on any atom is -0.353 e. The van der Waals surface area contributed by atoms with E-state index in [1.165, 1.54) is 0 Å². The maximum absolute atomic E-state index is 15.3. The first-order chi connectivity index (χ1) is 14.2. The predicted molar refractivity (Wildman–Crippen MR) is 99.8 cm³/mol. The molecule has 4 nitrogen and oxygen atoms in total. The number of nitrogens with one attached hydrogen (secondary N) is 1. The zero-order valence-corrected chi connectivity index (χ0v) is 17.3. The van der Waals surface area contributed by atoms with Crippen LogP contribution < -0.4 is 5.32 Å². The highest BCUT2D eigenvalue weighted by atomic mass is 32.2. The maximum Gasteiger partial charge on any atom is 0.416 e. The first-order valence-corrected chi connectivity index (χ1v) is 11.5. The van der Waals surface area contributed by atoms with Crippen LogP contribution in [-0.4, -0.2) is 31.3 Å². The predicted octanol–water partition coefficient (Wildman–Crippen LogP) is 5.03. The van der Waals surface area contributed by atoms with Gasteiger partial charge in [-0.15, -0.1) is 0 Å². The van der Waals surface area contributed by atoms with Crippen LogP contribution in [0.5, 0.6) is 0 Å². The molecule has 0 atom stereocenters.